The highest BCUT2D eigenvalue weighted by atomic mass is 16.7. The van der Waals surface area contributed by atoms with Gasteiger partial charge in [0.15, 0.2) is 11.5 Å². The lowest BCUT2D eigenvalue weighted by Crippen LogP contribution is -2.52. The van der Waals surface area contributed by atoms with Gasteiger partial charge in [-0.3, -0.25) is 4.79 Å². The minimum absolute atomic E-state index is 0.0229. The van der Waals surface area contributed by atoms with Crippen molar-refractivity contribution in [3.8, 4) is 11.5 Å². The van der Waals surface area contributed by atoms with Crippen molar-refractivity contribution >= 4 is 16.9 Å². The molecular weight excluding hydrogens is 468 g/mol. The van der Waals surface area contributed by atoms with Crippen LogP contribution < -0.4 is 15.1 Å². The quantitative estimate of drug-likeness (QED) is 0.373. The zero-order valence-corrected chi connectivity index (χ0v) is 20.4. The number of aliphatic hydroxyl groups excluding tert-OH is 2. The Labute approximate surface area is 208 Å². The summed E-state index contributed by atoms with van der Waals surface area (Å²) in [5.41, 5.74) is 0.0286. The van der Waals surface area contributed by atoms with Crippen molar-refractivity contribution in [3.05, 3.63) is 70.6 Å². The molecule has 1 aromatic heterocycles. The molecule has 192 valence electrons. The molecule has 3 aromatic rings. The fourth-order valence-electron chi connectivity index (χ4n) is 3.66. The van der Waals surface area contributed by atoms with E-state index in [-0.39, 0.29) is 19.6 Å². The lowest BCUT2D eigenvalue weighted by atomic mass is 9.97. The first-order valence-corrected chi connectivity index (χ1v) is 11.7. The van der Waals surface area contributed by atoms with Crippen molar-refractivity contribution in [2.24, 2.45) is 5.41 Å². The van der Waals surface area contributed by atoms with Gasteiger partial charge in [-0.1, -0.05) is 30.3 Å². The van der Waals surface area contributed by atoms with E-state index in [2.05, 4.69) is 0 Å². The third-order valence-electron chi connectivity index (χ3n) is 5.71. The second-order valence-corrected chi connectivity index (χ2v) is 9.73. The van der Waals surface area contributed by atoms with E-state index in [1.165, 1.54) is 6.07 Å². The smallest absolute Gasteiger partial charge is 0.336 e. The van der Waals surface area contributed by atoms with Crippen molar-refractivity contribution in [3.63, 3.8) is 0 Å². The summed E-state index contributed by atoms with van der Waals surface area (Å²) in [6.45, 7) is 5.14. The number of fused-ring (bicyclic) bond motifs is 1. The van der Waals surface area contributed by atoms with Gasteiger partial charge < -0.3 is 33.6 Å². The van der Waals surface area contributed by atoms with Crippen molar-refractivity contribution in [1.82, 2.24) is 0 Å². The summed E-state index contributed by atoms with van der Waals surface area (Å²) in [5.74, 6) is 0.149. The first kappa shape index (κ1) is 25.7. The Morgan fingerprint density at radius 2 is 1.81 bits per heavy atom. The predicted octanol–water partition coefficient (Wildman–Crippen LogP) is 3.18. The van der Waals surface area contributed by atoms with E-state index in [1.807, 2.05) is 30.3 Å². The van der Waals surface area contributed by atoms with E-state index < -0.39 is 41.6 Å². The summed E-state index contributed by atoms with van der Waals surface area (Å²) in [7, 11) is 0. The maximum atomic E-state index is 12.1. The molecule has 4 rings (SSSR count). The highest BCUT2D eigenvalue weighted by Crippen LogP contribution is 2.35. The number of hydrogen-bond acceptors (Lipinski definition) is 9. The van der Waals surface area contributed by atoms with Gasteiger partial charge in [0.05, 0.1) is 11.5 Å². The number of benzene rings is 2. The van der Waals surface area contributed by atoms with E-state index in [0.717, 1.165) is 5.56 Å². The van der Waals surface area contributed by atoms with Crippen LogP contribution in [0.1, 0.15) is 32.8 Å². The molecule has 2 aromatic carbocycles. The molecule has 2 heterocycles. The molecule has 0 bridgehead atoms. The van der Waals surface area contributed by atoms with Crippen molar-refractivity contribution in [1.29, 1.82) is 0 Å². The minimum atomic E-state index is -1.25. The second kappa shape index (κ2) is 10.7. The molecule has 2 N–H and O–H groups in total. The van der Waals surface area contributed by atoms with Crippen LogP contribution in [0.3, 0.4) is 0 Å². The van der Waals surface area contributed by atoms with Crippen LogP contribution in [0, 0.1) is 5.41 Å². The highest BCUT2D eigenvalue weighted by molar-refractivity contribution is 5.80. The summed E-state index contributed by atoms with van der Waals surface area (Å²) >= 11 is 0. The van der Waals surface area contributed by atoms with Crippen LogP contribution in [-0.4, -0.2) is 47.4 Å². The van der Waals surface area contributed by atoms with E-state index in [1.54, 1.807) is 39.0 Å². The van der Waals surface area contributed by atoms with Gasteiger partial charge in [-0.25, -0.2) is 4.79 Å². The average Bonchev–Trinajstić information content (AvgIpc) is 2.84. The topological polar surface area (TPSA) is 125 Å². The molecule has 4 atom stereocenters. The molecule has 1 saturated heterocycles. The number of carbonyl (C=O) groups is 1. The fraction of sp³-hybridized carbons (Fsp3) is 0.407. The van der Waals surface area contributed by atoms with Crippen LogP contribution in [0.4, 0.5) is 0 Å². The van der Waals surface area contributed by atoms with Gasteiger partial charge in [0.1, 0.15) is 31.0 Å². The van der Waals surface area contributed by atoms with Gasteiger partial charge in [0.2, 0.25) is 6.29 Å². The van der Waals surface area contributed by atoms with E-state index >= 15 is 0 Å². The summed E-state index contributed by atoms with van der Waals surface area (Å²) in [5, 5.41) is 21.4. The number of carbonyl (C=O) groups excluding carboxylic acids is 1. The molecule has 1 aliphatic rings. The van der Waals surface area contributed by atoms with E-state index in [9.17, 15) is 19.8 Å². The van der Waals surface area contributed by atoms with E-state index in [0.29, 0.717) is 22.5 Å². The maximum absolute atomic E-state index is 12.1. The molecule has 0 unspecified atom stereocenters. The highest BCUT2D eigenvalue weighted by Gasteiger charge is 2.39. The Hall–Kier alpha value is -3.40. The summed E-state index contributed by atoms with van der Waals surface area (Å²) in [6, 6.07) is 15.6. The zero-order chi connectivity index (χ0) is 25.9. The predicted molar refractivity (Wildman–Crippen MR) is 130 cm³/mol. The van der Waals surface area contributed by atoms with Gasteiger partial charge in [0, 0.05) is 23.9 Å². The van der Waals surface area contributed by atoms with Crippen LogP contribution in [0.2, 0.25) is 0 Å². The number of hydrogen-bond donors (Lipinski definition) is 2. The van der Waals surface area contributed by atoms with Crippen LogP contribution in [0.25, 0.3) is 11.0 Å². The van der Waals surface area contributed by atoms with Crippen molar-refractivity contribution in [2.45, 2.75) is 58.4 Å². The molecular formula is C27H30O9. The first-order chi connectivity index (χ1) is 17.1. The maximum Gasteiger partial charge on any atom is 0.336 e. The summed E-state index contributed by atoms with van der Waals surface area (Å²) in [4.78, 5) is 23.9. The normalized spacial score (nSPS) is 22.2. The molecule has 0 saturated carbocycles. The van der Waals surface area contributed by atoms with Crippen LogP contribution in [0.5, 0.6) is 11.5 Å². The summed E-state index contributed by atoms with van der Waals surface area (Å²) in [6.07, 6.45) is -4.39. The lowest BCUT2D eigenvalue weighted by molar-refractivity contribution is -0.234. The van der Waals surface area contributed by atoms with Gasteiger partial charge >= 0.3 is 11.6 Å². The number of esters is 1. The Balaban J connectivity index is 1.55. The van der Waals surface area contributed by atoms with Crippen molar-refractivity contribution < 1.29 is 38.4 Å². The number of rotatable bonds is 7. The molecule has 1 fully saturated rings. The monoisotopic (exact) mass is 498 g/mol. The Morgan fingerprint density at radius 3 is 2.53 bits per heavy atom. The molecule has 0 spiro atoms. The lowest BCUT2D eigenvalue weighted by Gasteiger charge is -2.37. The SMILES string of the molecule is CC(C)(C)C(=O)OC[C@H]1O[C@@H](Oc2cc3ccc(=O)oc3cc2OCc2ccccc2)C[C@@H](O)[C@@H]1O. The first-order valence-electron chi connectivity index (χ1n) is 11.7. The molecule has 36 heavy (non-hydrogen) atoms. The zero-order valence-electron chi connectivity index (χ0n) is 20.4. The second-order valence-electron chi connectivity index (χ2n) is 9.73. The third kappa shape index (κ3) is 6.23. The van der Waals surface area contributed by atoms with Crippen LogP contribution in [0.15, 0.2) is 63.8 Å². The number of ether oxygens (including phenoxy) is 4. The Morgan fingerprint density at radius 1 is 1.06 bits per heavy atom. The molecule has 9 nitrogen and oxygen atoms in total. The number of aliphatic hydroxyl groups is 2. The standard InChI is InChI=1S/C27H30O9/c1-27(2,3)26(31)33-15-22-25(30)18(28)12-24(36-22)35-21-11-17-9-10-23(29)34-19(17)13-20(21)32-14-16-7-5-4-6-8-16/h4-11,13,18,22,24-25,28,30H,12,14-15H2,1-3H3/t18-,22-,24-,25+/m1/s1. The summed E-state index contributed by atoms with van der Waals surface area (Å²) < 4.78 is 28.5. The molecule has 0 aliphatic carbocycles. The molecule has 1 aliphatic heterocycles. The molecule has 0 amide bonds. The average molecular weight is 499 g/mol. The van der Waals surface area contributed by atoms with Gasteiger partial charge in [-0.2, -0.15) is 0 Å². The fourth-order valence-corrected chi connectivity index (χ4v) is 3.66. The minimum Gasteiger partial charge on any atom is -0.485 e. The Bertz CT molecular complexity index is 1250. The van der Waals surface area contributed by atoms with E-state index in [4.69, 9.17) is 23.4 Å². The van der Waals surface area contributed by atoms with Gasteiger partial charge in [0.25, 0.3) is 0 Å². The van der Waals surface area contributed by atoms with Gasteiger partial charge in [-0.15, -0.1) is 0 Å². The third-order valence-corrected chi connectivity index (χ3v) is 5.71. The van der Waals surface area contributed by atoms with Crippen molar-refractivity contribution in [2.75, 3.05) is 6.61 Å². The van der Waals surface area contributed by atoms with Gasteiger partial charge in [-0.05, 0) is 38.5 Å². The van der Waals surface area contributed by atoms with Crippen LogP contribution >= 0.6 is 0 Å². The largest absolute Gasteiger partial charge is 0.485 e. The van der Waals surface area contributed by atoms with Crippen LogP contribution in [-0.2, 0) is 20.9 Å². The molecule has 0 radical (unpaired) electrons. The molecule has 9 heteroatoms. The Kier molecular flexibility index (Phi) is 7.63.